The molecule has 0 saturated heterocycles. The van der Waals surface area contributed by atoms with Crippen LogP contribution < -0.4 is 5.32 Å². The molecule has 0 aromatic carbocycles. The van der Waals surface area contributed by atoms with Crippen LogP contribution >= 0.6 is 11.3 Å². The normalized spacial score (nSPS) is 13.4. The average Bonchev–Trinajstić information content (AvgIpc) is 2.63. The number of nitrogens with one attached hydrogen (secondary N) is 1. The zero-order chi connectivity index (χ0) is 11.3. The summed E-state index contributed by atoms with van der Waals surface area (Å²) in [6.45, 7) is 10.1. The molecule has 0 saturated carbocycles. The fourth-order valence-electron chi connectivity index (χ4n) is 2.00. The maximum Gasteiger partial charge on any atom is 0.0302 e. The Bertz CT molecular complexity index is 276. The SMILES string of the molecule is CCC(CC)C(C)NCc1ccc(C)s1. The van der Waals surface area contributed by atoms with E-state index < -0.39 is 0 Å². The lowest BCUT2D eigenvalue weighted by atomic mass is 9.95. The fourth-order valence-corrected chi connectivity index (χ4v) is 2.85. The number of aryl methyl sites for hydroxylation is 1. The number of hydrogen-bond donors (Lipinski definition) is 1. The van der Waals surface area contributed by atoms with E-state index in [1.807, 2.05) is 11.3 Å². The van der Waals surface area contributed by atoms with Gasteiger partial charge in [0.25, 0.3) is 0 Å². The highest BCUT2D eigenvalue weighted by molar-refractivity contribution is 7.11. The third-order valence-electron chi connectivity index (χ3n) is 3.15. The summed E-state index contributed by atoms with van der Waals surface area (Å²) in [4.78, 5) is 2.85. The van der Waals surface area contributed by atoms with E-state index >= 15 is 0 Å². The third kappa shape index (κ3) is 3.96. The van der Waals surface area contributed by atoms with Crippen LogP contribution in [0.3, 0.4) is 0 Å². The second-order valence-corrected chi connectivity index (χ2v) is 5.63. The minimum absolute atomic E-state index is 0.627. The number of thiophene rings is 1. The van der Waals surface area contributed by atoms with Crippen LogP contribution in [-0.2, 0) is 6.54 Å². The molecule has 86 valence electrons. The van der Waals surface area contributed by atoms with Gasteiger partial charge in [-0.1, -0.05) is 26.7 Å². The molecule has 1 aromatic rings. The zero-order valence-corrected chi connectivity index (χ0v) is 11.2. The Kier molecular flexibility index (Phi) is 5.34. The van der Waals surface area contributed by atoms with Crippen LogP contribution in [0.1, 0.15) is 43.4 Å². The molecule has 0 bridgehead atoms. The molecule has 1 nitrogen and oxygen atoms in total. The first-order chi connectivity index (χ1) is 7.17. The van der Waals surface area contributed by atoms with E-state index in [4.69, 9.17) is 0 Å². The largest absolute Gasteiger partial charge is 0.309 e. The van der Waals surface area contributed by atoms with Gasteiger partial charge in [0.1, 0.15) is 0 Å². The van der Waals surface area contributed by atoms with Crippen molar-refractivity contribution < 1.29 is 0 Å². The Morgan fingerprint density at radius 2 is 1.93 bits per heavy atom. The van der Waals surface area contributed by atoms with Gasteiger partial charge in [0, 0.05) is 22.3 Å². The highest BCUT2D eigenvalue weighted by Gasteiger charge is 2.12. The van der Waals surface area contributed by atoms with Gasteiger partial charge in [-0.05, 0) is 31.9 Å². The molecule has 1 N–H and O–H groups in total. The molecular weight excluding hydrogens is 202 g/mol. The maximum atomic E-state index is 3.62. The van der Waals surface area contributed by atoms with E-state index in [0.717, 1.165) is 12.5 Å². The van der Waals surface area contributed by atoms with Gasteiger partial charge in [-0.2, -0.15) is 0 Å². The van der Waals surface area contributed by atoms with Gasteiger partial charge in [0.05, 0.1) is 0 Å². The topological polar surface area (TPSA) is 12.0 Å². The molecule has 0 aliphatic rings. The Balaban J connectivity index is 2.36. The standard InChI is InChI=1S/C13H23NS/c1-5-12(6-2)11(4)14-9-13-8-7-10(3)15-13/h7-8,11-12,14H,5-6,9H2,1-4H3. The van der Waals surface area contributed by atoms with Crippen molar-refractivity contribution in [2.75, 3.05) is 0 Å². The summed E-state index contributed by atoms with van der Waals surface area (Å²) in [6.07, 6.45) is 2.54. The average molecular weight is 225 g/mol. The predicted molar refractivity (Wildman–Crippen MR) is 69.4 cm³/mol. The van der Waals surface area contributed by atoms with Gasteiger partial charge in [0.15, 0.2) is 0 Å². The Labute approximate surface area is 97.9 Å². The molecule has 1 aromatic heterocycles. The highest BCUT2D eigenvalue weighted by Crippen LogP contribution is 2.17. The van der Waals surface area contributed by atoms with Gasteiger partial charge in [0.2, 0.25) is 0 Å². The molecule has 0 fully saturated rings. The Morgan fingerprint density at radius 1 is 1.27 bits per heavy atom. The van der Waals surface area contributed by atoms with Gasteiger partial charge in [-0.25, -0.2) is 0 Å². The van der Waals surface area contributed by atoms with E-state index in [2.05, 4.69) is 45.1 Å². The molecule has 0 radical (unpaired) electrons. The fraction of sp³-hybridized carbons (Fsp3) is 0.692. The smallest absolute Gasteiger partial charge is 0.0302 e. The minimum Gasteiger partial charge on any atom is -0.309 e. The summed E-state index contributed by atoms with van der Waals surface area (Å²) in [6, 6.07) is 5.05. The van der Waals surface area contributed by atoms with E-state index in [1.54, 1.807) is 0 Å². The maximum absolute atomic E-state index is 3.62. The summed E-state index contributed by atoms with van der Waals surface area (Å²) in [5.74, 6) is 0.811. The second kappa shape index (κ2) is 6.29. The Morgan fingerprint density at radius 3 is 2.40 bits per heavy atom. The van der Waals surface area contributed by atoms with Crippen LogP contribution in [0.5, 0.6) is 0 Å². The van der Waals surface area contributed by atoms with Crippen LogP contribution in [0.2, 0.25) is 0 Å². The molecular formula is C13H23NS. The third-order valence-corrected chi connectivity index (χ3v) is 4.15. The second-order valence-electron chi connectivity index (χ2n) is 4.26. The predicted octanol–water partition coefficient (Wildman–Crippen LogP) is 3.97. The molecule has 0 spiro atoms. The van der Waals surface area contributed by atoms with E-state index in [-0.39, 0.29) is 0 Å². The van der Waals surface area contributed by atoms with Crippen LogP contribution in [0.25, 0.3) is 0 Å². The van der Waals surface area contributed by atoms with Crippen molar-refractivity contribution in [3.8, 4) is 0 Å². The molecule has 1 heterocycles. The summed E-state index contributed by atoms with van der Waals surface area (Å²) in [5.41, 5.74) is 0. The highest BCUT2D eigenvalue weighted by atomic mass is 32.1. The molecule has 1 unspecified atom stereocenters. The van der Waals surface area contributed by atoms with E-state index in [0.29, 0.717) is 6.04 Å². The molecule has 2 heteroatoms. The van der Waals surface area contributed by atoms with Crippen molar-refractivity contribution in [1.29, 1.82) is 0 Å². The van der Waals surface area contributed by atoms with Gasteiger partial charge in [-0.3, -0.25) is 0 Å². The van der Waals surface area contributed by atoms with E-state index in [1.165, 1.54) is 22.6 Å². The summed E-state index contributed by atoms with van der Waals surface area (Å²) in [5, 5.41) is 3.62. The zero-order valence-electron chi connectivity index (χ0n) is 10.3. The van der Waals surface area contributed by atoms with Crippen molar-refractivity contribution in [3.63, 3.8) is 0 Å². The van der Waals surface area contributed by atoms with Gasteiger partial charge in [-0.15, -0.1) is 11.3 Å². The lowest BCUT2D eigenvalue weighted by Crippen LogP contribution is -2.32. The van der Waals surface area contributed by atoms with Crippen LogP contribution in [0, 0.1) is 12.8 Å². The first-order valence-corrected chi connectivity index (χ1v) is 6.77. The lowest BCUT2D eigenvalue weighted by molar-refractivity contribution is 0.354. The Hall–Kier alpha value is -0.340. The molecule has 0 aliphatic heterocycles. The summed E-state index contributed by atoms with van der Waals surface area (Å²) < 4.78 is 0. The van der Waals surface area contributed by atoms with Crippen LogP contribution in [-0.4, -0.2) is 6.04 Å². The molecule has 1 atom stereocenters. The number of hydrogen-bond acceptors (Lipinski definition) is 2. The molecule has 0 aliphatic carbocycles. The number of rotatable bonds is 6. The van der Waals surface area contributed by atoms with Crippen molar-refractivity contribution in [3.05, 3.63) is 21.9 Å². The van der Waals surface area contributed by atoms with Crippen molar-refractivity contribution in [2.45, 2.75) is 53.1 Å². The first kappa shape index (κ1) is 12.7. The monoisotopic (exact) mass is 225 g/mol. The van der Waals surface area contributed by atoms with Crippen molar-refractivity contribution >= 4 is 11.3 Å². The van der Waals surface area contributed by atoms with Gasteiger partial charge < -0.3 is 5.32 Å². The van der Waals surface area contributed by atoms with Crippen molar-refractivity contribution in [1.82, 2.24) is 5.32 Å². The lowest BCUT2D eigenvalue weighted by Gasteiger charge is -2.22. The summed E-state index contributed by atoms with van der Waals surface area (Å²) >= 11 is 1.89. The first-order valence-electron chi connectivity index (χ1n) is 5.96. The van der Waals surface area contributed by atoms with Crippen LogP contribution in [0.4, 0.5) is 0 Å². The molecule has 0 amide bonds. The minimum atomic E-state index is 0.627. The van der Waals surface area contributed by atoms with Gasteiger partial charge >= 0.3 is 0 Å². The van der Waals surface area contributed by atoms with E-state index in [9.17, 15) is 0 Å². The molecule has 1 rings (SSSR count). The summed E-state index contributed by atoms with van der Waals surface area (Å²) in [7, 11) is 0. The van der Waals surface area contributed by atoms with Crippen LogP contribution in [0.15, 0.2) is 12.1 Å². The molecule has 15 heavy (non-hydrogen) atoms. The van der Waals surface area contributed by atoms with Crippen molar-refractivity contribution in [2.24, 2.45) is 5.92 Å². The quantitative estimate of drug-likeness (QED) is 0.772.